The largest absolute Gasteiger partial charge is 0.230 e. The molecule has 0 saturated carbocycles. The molecular weight excluding hydrogens is 675 g/mol. The van der Waals surface area contributed by atoms with Crippen LogP contribution in [-0.4, -0.2) is 11.2 Å². The van der Waals surface area contributed by atoms with Crippen LogP contribution < -0.4 is 0 Å². The van der Waals surface area contributed by atoms with Crippen molar-refractivity contribution in [3.8, 4) is 18.2 Å². The van der Waals surface area contributed by atoms with Gasteiger partial charge in [-0.3, -0.25) is 0 Å². The van der Waals surface area contributed by atoms with Crippen molar-refractivity contribution in [1.29, 1.82) is 15.8 Å². The van der Waals surface area contributed by atoms with Gasteiger partial charge in [-0.25, -0.2) is 9.78 Å². The second kappa shape index (κ2) is 19.2. The summed E-state index contributed by atoms with van der Waals surface area (Å²) in [5, 5.41) is 30.9. The van der Waals surface area contributed by atoms with Gasteiger partial charge in [0.1, 0.15) is 10.8 Å². The molecule has 6 aromatic carbocycles. The molecule has 0 bridgehead atoms. The van der Waals surface area contributed by atoms with Gasteiger partial charge in [0.2, 0.25) is 0 Å². The molecule has 0 aromatic heterocycles. The van der Waals surface area contributed by atoms with Crippen LogP contribution in [-0.2, 0) is 20.6 Å². The number of nitriles is 3. The van der Waals surface area contributed by atoms with Gasteiger partial charge < -0.3 is 0 Å². The molecule has 0 saturated heterocycles. The van der Waals surface area contributed by atoms with Crippen LogP contribution in [0.5, 0.6) is 0 Å². The number of rotatable bonds is 8. The second-order valence-corrected chi connectivity index (χ2v) is 15.0. The van der Waals surface area contributed by atoms with Crippen molar-refractivity contribution >= 4 is 0 Å². The third-order valence-electron chi connectivity index (χ3n) is 8.66. The summed E-state index contributed by atoms with van der Waals surface area (Å²) >= 11 is 0. The third-order valence-corrected chi connectivity index (χ3v) is 8.66. The summed E-state index contributed by atoms with van der Waals surface area (Å²) in [5.74, 6) is -0.160. The van der Waals surface area contributed by atoms with E-state index in [-0.39, 0.29) is 17.1 Å². The van der Waals surface area contributed by atoms with Crippen molar-refractivity contribution in [3.63, 3.8) is 0 Å². The highest BCUT2D eigenvalue weighted by Gasteiger charge is 2.57. The molecule has 0 aliphatic carbocycles. The van der Waals surface area contributed by atoms with Gasteiger partial charge in [-0.2, -0.15) is 15.8 Å². The van der Waals surface area contributed by atoms with Gasteiger partial charge in [0.25, 0.3) is 0 Å². The summed E-state index contributed by atoms with van der Waals surface area (Å²) in [6.07, 6.45) is 0. The van der Waals surface area contributed by atoms with Crippen molar-refractivity contribution in [2.75, 3.05) is 0 Å². The highest BCUT2D eigenvalue weighted by atomic mass is 17.2. The van der Waals surface area contributed by atoms with Gasteiger partial charge in [-0.15, -0.1) is 0 Å². The monoisotopic (exact) mass is 723 g/mol. The average molecular weight is 724 g/mol. The molecule has 0 amide bonds. The molecule has 0 atom stereocenters. The fourth-order valence-corrected chi connectivity index (χ4v) is 6.26. The molecular formula is C50H49N3O2. The molecule has 0 N–H and O–H groups in total. The quantitative estimate of drug-likeness (QED) is 0.115. The second-order valence-electron chi connectivity index (χ2n) is 15.0. The first kappa shape index (κ1) is 41.5. The van der Waals surface area contributed by atoms with Gasteiger partial charge in [0.05, 0.1) is 35.3 Å². The number of nitrogens with zero attached hydrogens (tertiary/aromatic N) is 3. The Hall–Kier alpha value is -6.29. The van der Waals surface area contributed by atoms with Gasteiger partial charge >= 0.3 is 0 Å². The summed E-state index contributed by atoms with van der Waals surface area (Å²) < 4.78 is 0. The average Bonchev–Trinajstić information content (AvgIpc) is 3.22. The molecule has 55 heavy (non-hydrogen) atoms. The van der Waals surface area contributed by atoms with Crippen molar-refractivity contribution in [2.45, 2.75) is 69.5 Å². The smallest absolute Gasteiger partial charge is 0.134 e. The fourth-order valence-electron chi connectivity index (χ4n) is 6.26. The Morgan fingerprint density at radius 1 is 0.364 bits per heavy atom. The summed E-state index contributed by atoms with van der Waals surface area (Å²) in [5.41, 5.74) is 2.29. The fraction of sp³-hybridized carbons (Fsp3) is 0.220. The molecule has 0 aliphatic rings. The van der Waals surface area contributed by atoms with Gasteiger partial charge in [-0.05, 0) is 74.9 Å². The van der Waals surface area contributed by atoms with Crippen LogP contribution in [0.2, 0.25) is 0 Å². The standard InChI is InChI=1S/C28H20N2.C14H11N.C8H18O2/c29-21-27(23-13-5-1-6-14-23,24-15-7-2-8-16-24)28(22-30,25-17-9-3-10-18-25)26-19-11-4-12-20-26;15-11-14(12-7-3-1-4-8-12)13-9-5-2-6-10-13;1-7(2,3)9-10-8(4,5)6/h1-20H;1-10,14H;1-6H3. The molecule has 0 aliphatic heterocycles. The van der Waals surface area contributed by atoms with Gasteiger partial charge in [-0.1, -0.05) is 182 Å². The minimum atomic E-state index is -1.26. The molecule has 6 aromatic rings. The minimum Gasteiger partial charge on any atom is -0.230 e. The Bertz CT molecular complexity index is 1910. The van der Waals surface area contributed by atoms with Crippen LogP contribution in [0.25, 0.3) is 0 Å². The van der Waals surface area contributed by atoms with Crippen molar-refractivity contribution < 1.29 is 9.78 Å². The molecule has 0 heterocycles. The highest BCUT2D eigenvalue weighted by Crippen LogP contribution is 2.52. The zero-order valence-corrected chi connectivity index (χ0v) is 32.6. The zero-order valence-electron chi connectivity index (χ0n) is 32.6. The predicted octanol–water partition coefficient (Wildman–Crippen LogP) is 11.9. The van der Waals surface area contributed by atoms with E-state index < -0.39 is 10.8 Å². The van der Waals surface area contributed by atoms with E-state index in [9.17, 15) is 15.8 Å². The van der Waals surface area contributed by atoms with Gasteiger partial charge in [0, 0.05) is 0 Å². The lowest BCUT2D eigenvalue weighted by molar-refractivity contribution is -0.393. The van der Waals surface area contributed by atoms with Crippen LogP contribution in [0.15, 0.2) is 182 Å². The van der Waals surface area contributed by atoms with Crippen LogP contribution in [0.4, 0.5) is 0 Å². The van der Waals surface area contributed by atoms with E-state index in [0.717, 1.165) is 33.4 Å². The van der Waals surface area contributed by atoms with E-state index in [1.54, 1.807) is 0 Å². The van der Waals surface area contributed by atoms with Crippen LogP contribution in [0, 0.1) is 34.0 Å². The van der Waals surface area contributed by atoms with E-state index >= 15 is 0 Å². The first-order valence-electron chi connectivity index (χ1n) is 18.3. The predicted molar refractivity (Wildman–Crippen MR) is 221 cm³/mol. The maximum absolute atomic E-state index is 10.9. The number of benzene rings is 6. The van der Waals surface area contributed by atoms with Crippen LogP contribution >= 0.6 is 0 Å². The first-order chi connectivity index (χ1) is 26.4. The highest BCUT2D eigenvalue weighted by molar-refractivity contribution is 5.63. The Labute approximate surface area is 327 Å². The molecule has 0 radical (unpaired) electrons. The van der Waals surface area contributed by atoms with Crippen LogP contribution in [0.3, 0.4) is 0 Å². The Balaban J connectivity index is 0.000000223. The lowest BCUT2D eigenvalue weighted by atomic mass is 9.53. The van der Waals surface area contributed by atoms with E-state index in [4.69, 9.17) is 9.78 Å². The zero-order chi connectivity index (χ0) is 39.8. The number of hydrogen-bond acceptors (Lipinski definition) is 5. The SMILES string of the molecule is CC(C)(C)OOC(C)(C)C.N#CC(c1ccccc1)(c1ccccc1)C(C#N)(c1ccccc1)c1ccccc1.N#CC(c1ccccc1)c1ccccc1. The molecule has 5 heteroatoms. The van der Waals surface area contributed by atoms with Gasteiger partial charge in [0.15, 0.2) is 0 Å². The maximum atomic E-state index is 10.9. The maximum Gasteiger partial charge on any atom is 0.134 e. The Morgan fingerprint density at radius 2 is 0.582 bits per heavy atom. The van der Waals surface area contributed by atoms with E-state index in [1.807, 2.05) is 224 Å². The summed E-state index contributed by atoms with van der Waals surface area (Å²) in [6.45, 7) is 11.7. The molecule has 0 fully saturated rings. The van der Waals surface area contributed by atoms with Crippen LogP contribution in [0.1, 0.15) is 80.8 Å². The molecule has 0 spiro atoms. The van der Waals surface area contributed by atoms with E-state index in [1.165, 1.54) is 0 Å². The van der Waals surface area contributed by atoms with E-state index in [2.05, 4.69) is 18.2 Å². The lowest BCUT2D eigenvalue weighted by Crippen LogP contribution is -2.49. The summed E-state index contributed by atoms with van der Waals surface area (Å²) in [4.78, 5) is 10.2. The van der Waals surface area contributed by atoms with Crippen molar-refractivity contribution in [2.24, 2.45) is 0 Å². The molecule has 0 unspecified atom stereocenters. The van der Waals surface area contributed by atoms with E-state index in [0.29, 0.717) is 0 Å². The normalized spacial score (nSPS) is 11.3. The van der Waals surface area contributed by atoms with Crippen molar-refractivity contribution in [1.82, 2.24) is 0 Å². The molecule has 5 nitrogen and oxygen atoms in total. The summed E-state index contributed by atoms with van der Waals surface area (Å²) in [7, 11) is 0. The molecule has 6 rings (SSSR count). The molecule has 276 valence electrons. The lowest BCUT2D eigenvalue weighted by Gasteiger charge is -2.43. The third kappa shape index (κ3) is 10.4. The Morgan fingerprint density at radius 3 is 0.764 bits per heavy atom. The Kier molecular flexibility index (Phi) is 14.4. The van der Waals surface area contributed by atoms with Crippen molar-refractivity contribution in [3.05, 3.63) is 215 Å². The summed E-state index contributed by atoms with van der Waals surface area (Å²) in [6, 6.07) is 65.8. The number of hydrogen-bond donors (Lipinski definition) is 0. The first-order valence-corrected chi connectivity index (χ1v) is 18.3. The minimum absolute atomic E-state index is 0.160. The topological polar surface area (TPSA) is 89.8 Å².